The molecule has 1 aliphatic rings. The van der Waals surface area contributed by atoms with Gasteiger partial charge < -0.3 is 5.32 Å². The van der Waals surface area contributed by atoms with Crippen LogP contribution in [0.15, 0.2) is 30.3 Å². The molecule has 2 aromatic rings. The SMILES string of the molecule is CC1C(Nc2nc(Cl)nc(Cl)n2)CCN1Cc1ccccc1. The first kappa shape index (κ1) is 15.5. The molecule has 1 aromatic heterocycles. The molecule has 1 saturated heterocycles. The van der Waals surface area contributed by atoms with Gasteiger partial charge in [-0.05, 0) is 42.1 Å². The third kappa shape index (κ3) is 3.66. The van der Waals surface area contributed by atoms with Gasteiger partial charge in [0, 0.05) is 25.2 Å². The molecule has 0 radical (unpaired) electrons. The Balaban J connectivity index is 1.64. The van der Waals surface area contributed by atoms with E-state index in [-0.39, 0.29) is 16.6 Å². The molecule has 2 heterocycles. The number of nitrogens with zero attached hydrogens (tertiary/aromatic N) is 4. The van der Waals surface area contributed by atoms with Gasteiger partial charge in [0.25, 0.3) is 0 Å². The lowest BCUT2D eigenvalue weighted by molar-refractivity contribution is 0.255. The molecule has 2 atom stereocenters. The summed E-state index contributed by atoms with van der Waals surface area (Å²) < 4.78 is 0. The van der Waals surface area contributed by atoms with Gasteiger partial charge in [-0.15, -0.1) is 0 Å². The summed E-state index contributed by atoms with van der Waals surface area (Å²) in [6.07, 6.45) is 1.02. The number of benzene rings is 1. The maximum atomic E-state index is 5.81. The van der Waals surface area contributed by atoms with Crippen molar-refractivity contribution in [3.63, 3.8) is 0 Å². The summed E-state index contributed by atoms with van der Waals surface area (Å²) in [7, 11) is 0. The van der Waals surface area contributed by atoms with Crippen LogP contribution in [0.5, 0.6) is 0 Å². The number of hydrogen-bond donors (Lipinski definition) is 1. The van der Waals surface area contributed by atoms with Crippen molar-refractivity contribution < 1.29 is 0 Å². The van der Waals surface area contributed by atoms with E-state index in [1.165, 1.54) is 5.56 Å². The van der Waals surface area contributed by atoms with E-state index in [4.69, 9.17) is 23.2 Å². The van der Waals surface area contributed by atoms with Gasteiger partial charge in [0.15, 0.2) is 0 Å². The van der Waals surface area contributed by atoms with Gasteiger partial charge in [-0.3, -0.25) is 4.90 Å². The Bertz CT molecular complexity index is 617. The first-order chi connectivity index (χ1) is 10.6. The molecule has 7 heteroatoms. The smallest absolute Gasteiger partial charge is 0.228 e. The van der Waals surface area contributed by atoms with Crippen LogP contribution < -0.4 is 5.32 Å². The van der Waals surface area contributed by atoms with Crippen molar-refractivity contribution in [1.82, 2.24) is 19.9 Å². The monoisotopic (exact) mass is 337 g/mol. The first-order valence-corrected chi connectivity index (χ1v) is 7.99. The number of hydrogen-bond acceptors (Lipinski definition) is 5. The largest absolute Gasteiger partial charge is 0.350 e. The van der Waals surface area contributed by atoms with Crippen LogP contribution in [-0.4, -0.2) is 38.5 Å². The van der Waals surface area contributed by atoms with E-state index in [0.717, 1.165) is 19.5 Å². The average molecular weight is 338 g/mol. The van der Waals surface area contributed by atoms with Gasteiger partial charge in [-0.25, -0.2) is 0 Å². The van der Waals surface area contributed by atoms with Crippen molar-refractivity contribution in [2.75, 3.05) is 11.9 Å². The molecular formula is C15H17Cl2N5. The average Bonchev–Trinajstić information content (AvgIpc) is 2.80. The highest BCUT2D eigenvalue weighted by Crippen LogP contribution is 2.23. The number of anilines is 1. The van der Waals surface area contributed by atoms with E-state index >= 15 is 0 Å². The van der Waals surface area contributed by atoms with Crippen LogP contribution in [0.1, 0.15) is 18.9 Å². The van der Waals surface area contributed by atoms with E-state index in [9.17, 15) is 0 Å². The van der Waals surface area contributed by atoms with Gasteiger partial charge in [0.05, 0.1) is 0 Å². The van der Waals surface area contributed by atoms with Gasteiger partial charge in [-0.1, -0.05) is 30.3 Å². The molecule has 1 N–H and O–H groups in total. The van der Waals surface area contributed by atoms with E-state index in [2.05, 4.69) is 56.4 Å². The van der Waals surface area contributed by atoms with E-state index < -0.39 is 0 Å². The normalized spacial score (nSPS) is 22.0. The predicted octanol–water partition coefficient (Wildman–Crippen LogP) is 3.25. The molecule has 3 rings (SSSR count). The third-order valence-electron chi connectivity index (χ3n) is 4.01. The van der Waals surface area contributed by atoms with Crippen LogP contribution >= 0.6 is 23.2 Å². The highest BCUT2D eigenvalue weighted by Gasteiger charge is 2.31. The topological polar surface area (TPSA) is 53.9 Å². The van der Waals surface area contributed by atoms with Crippen LogP contribution in [-0.2, 0) is 6.54 Å². The van der Waals surface area contributed by atoms with Crippen LogP contribution in [0.25, 0.3) is 0 Å². The van der Waals surface area contributed by atoms with Gasteiger partial charge in [0.1, 0.15) is 0 Å². The van der Waals surface area contributed by atoms with Crippen LogP contribution in [0.3, 0.4) is 0 Å². The molecule has 116 valence electrons. The molecule has 2 unspecified atom stereocenters. The molecule has 0 amide bonds. The lowest BCUT2D eigenvalue weighted by Gasteiger charge is -2.25. The number of halogens is 2. The third-order valence-corrected chi connectivity index (χ3v) is 4.35. The fourth-order valence-corrected chi connectivity index (χ4v) is 3.16. The van der Waals surface area contributed by atoms with Crippen LogP contribution in [0, 0.1) is 0 Å². The maximum absolute atomic E-state index is 5.81. The zero-order chi connectivity index (χ0) is 15.5. The van der Waals surface area contributed by atoms with Crippen LogP contribution in [0.2, 0.25) is 10.6 Å². The highest BCUT2D eigenvalue weighted by atomic mass is 35.5. The predicted molar refractivity (Wildman–Crippen MR) is 88.2 cm³/mol. The van der Waals surface area contributed by atoms with E-state index in [1.807, 2.05) is 6.07 Å². The fraction of sp³-hybridized carbons (Fsp3) is 0.400. The van der Waals surface area contributed by atoms with Crippen molar-refractivity contribution in [1.29, 1.82) is 0 Å². The Morgan fingerprint density at radius 1 is 1.14 bits per heavy atom. The second-order valence-corrected chi connectivity index (χ2v) is 6.11. The lowest BCUT2D eigenvalue weighted by atomic mass is 10.1. The minimum Gasteiger partial charge on any atom is -0.350 e. The molecule has 5 nitrogen and oxygen atoms in total. The summed E-state index contributed by atoms with van der Waals surface area (Å²) in [6.45, 7) is 4.18. The van der Waals surface area contributed by atoms with E-state index in [0.29, 0.717) is 12.0 Å². The number of aromatic nitrogens is 3. The summed E-state index contributed by atoms with van der Waals surface area (Å²) >= 11 is 11.6. The first-order valence-electron chi connectivity index (χ1n) is 7.23. The summed E-state index contributed by atoms with van der Waals surface area (Å²) in [5.74, 6) is 0.434. The Hall–Kier alpha value is -1.43. The fourth-order valence-electron chi connectivity index (χ4n) is 2.79. The van der Waals surface area contributed by atoms with Gasteiger partial charge >= 0.3 is 0 Å². The second kappa shape index (κ2) is 6.77. The Labute approximate surface area is 139 Å². The molecule has 1 fully saturated rings. The van der Waals surface area contributed by atoms with Crippen molar-refractivity contribution >= 4 is 29.2 Å². The quantitative estimate of drug-likeness (QED) is 0.927. The number of rotatable bonds is 4. The molecule has 0 aliphatic carbocycles. The van der Waals surface area contributed by atoms with Crippen molar-refractivity contribution in [3.8, 4) is 0 Å². The van der Waals surface area contributed by atoms with Gasteiger partial charge in [-0.2, -0.15) is 15.0 Å². The standard InChI is InChI=1S/C15H17Cl2N5/c1-10-12(18-15-20-13(16)19-14(17)21-15)7-8-22(10)9-11-5-3-2-4-6-11/h2-6,10,12H,7-9H2,1H3,(H,18,19,20,21). The molecule has 22 heavy (non-hydrogen) atoms. The highest BCUT2D eigenvalue weighted by molar-refractivity contribution is 6.31. The summed E-state index contributed by atoms with van der Waals surface area (Å²) in [5, 5.41) is 3.53. The molecule has 0 spiro atoms. The minimum atomic E-state index is 0.106. The summed E-state index contributed by atoms with van der Waals surface area (Å²) in [5.41, 5.74) is 1.32. The zero-order valence-electron chi connectivity index (χ0n) is 12.2. The van der Waals surface area contributed by atoms with Crippen molar-refractivity contribution in [2.24, 2.45) is 0 Å². The number of likely N-dealkylation sites (tertiary alicyclic amines) is 1. The minimum absolute atomic E-state index is 0.106. The summed E-state index contributed by atoms with van der Waals surface area (Å²) in [6, 6.07) is 11.1. The maximum Gasteiger partial charge on any atom is 0.228 e. The molecule has 0 saturated carbocycles. The van der Waals surface area contributed by atoms with Crippen molar-refractivity contribution in [3.05, 3.63) is 46.5 Å². The van der Waals surface area contributed by atoms with Crippen LogP contribution in [0.4, 0.5) is 5.95 Å². The Morgan fingerprint density at radius 2 is 1.82 bits per heavy atom. The molecule has 1 aliphatic heterocycles. The zero-order valence-corrected chi connectivity index (χ0v) is 13.7. The summed E-state index contributed by atoms with van der Waals surface area (Å²) in [4.78, 5) is 14.3. The van der Waals surface area contributed by atoms with Gasteiger partial charge in [0.2, 0.25) is 16.5 Å². The Kier molecular flexibility index (Phi) is 4.76. The molecular weight excluding hydrogens is 321 g/mol. The lowest BCUT2D eigenvalue weighted by Crippen LogP contribution is -2.36. The Morgan fingerprint density at radius 3 is 2.50 bits per heavy atom. The van der Waals surface area contributed by atoms with Crippen molar-refractivity contribution in [2.45, 2.75) is 32.0 Å². The van der Waals surface area contributed by atoms with E-state index in [1.54, 1.807) is 0 Å². The second-order valence-electron chi connectivity index (χ2n) is 5.43. The number of nitrogens with one attached hydrogen (secondary N) is 1. The molecule has 1 aromatic carbocycles. The molecule has 0 bridgehead atoms.